The van der Waals surface area contributed by atoms with Gasteiger partial charge in [0.25, 0.3) is 0 Å². The normalized spacial score (nSPS) is 14.5. The number of hydrogen-bond acceptors (Lipinski definition) is 5. The van der Waals surface area contributed by atoms with Crippen LogP contribution in [0.4, 0.5) is 11.4 Å². The fraction of sp³-hybridized carbons (Fsp3) is 0.360. The Hall–Kier alpha value is -2.86. The Labute approximate surface area is 188 Å². The van der Waals surface area contributed by atoms with Gasteiger partial charge in [0, 0.05) is 29.8 Å². The Morgan fingerprint density at radius 1 is 1.16 bits per heavy atom. The third kappa shape index (κ3) is 5.44. The molecule has 0 radical (unpaired) electrons. The summed E-state index contributed by atoms with van der Waals surface area (Å²) < 4.78 is 5.70. The molecule has 0 aliphatic carbocycles. The summed E-state index contributed by atoms with van der Waals surface area (Å²) in [7, 11) is 0. The van der Waals surface area contributed by atoms with Crippen LogP contribution in [0, 0.1) is 5.92 Å². The van der Waals surface area contributed by atoms with E-state index in [1.54, 1.807) is 0 Å². The molecule has 31 heavy (non-hydrogen) atoms. The van der Waals surface area contributed by atoms with E-state index in [0.29, 0.717) is 6.61 Å². The number of thiazole rings is 1. The van der Waals surface area contributed by atoms with Crippen LogP contribution < -0.4 is 15.0 Å². The van der Waals surface area contributed by atoms with E-state index < -0.39 is 0 Å². The van der Waals surface area contributed by atoms with Gasteiger partial charge in [-0.1, -0.05) is 19.1 Å². The number of carbonyl (C=O) groups is 1. The average Bonchev–Trinajstić information content (AvgIpc) is 3.23. The minimum atomic E-state index is -0.0607. The van der Waals surface area contributed by atoms with Gasteiger partial charge in [0.1, 0.15) is 10.8 Å². The van der Waals surface area contributed by atoms with Crippen molar-refractivity contribution in [1.29, 1.82) is 0 Å². The van der Waals surface area contributed by atoms with Gasteiger partial charge in [0.05, 0.1) is 24.3 Å². The molecule has 1 saturated heterocycles. The molecule has 0 bridgehead atoms. The number of para-hydroxylation sites is 1. The second-order valence-electron chi connectivity index (χ2n) is 8.01. The second kappa shape index (κ2) is 9.96. The molecule has 2 aromatic carbocycles. The zero-order valence-electron chi connectivity index (χ0n) is 18.1. The molecule has 0 unspecified atom stereocenters. The van der Waals surface area contributed by atoms with E-state index in [1.807, 2.05) is 48.7 Å². The van der Waals surface area contributed by atoms with E-state index in [-0.39, 0.29) is 12.3 Å². The van der Waals surface area contributed by atoms with Gasteiger partial charge >= 0.3 is 0 Å². The van der Waals surface area contributed by atoms with Crippen LogP contribution in [0.25, 0.3) is 10.6 Å². The molecule has 0 atom stereocenters. The summed E-state index contributed by atoms with van der Waals surface area (Å²) in [4.78, 5) is 19.6. The van der Waals surface area contributed by atoms with Crippen LogP contribution in [0.1, 0.15) is 32.4 Å². The van der Waals surface area contributed by atoms with Crippen LogP contribution in [0.5, 0.6) is 5.75 Å². The number of benzene rings is 2. The van der Waals surface area contributed by atoms with Crippen molar-refractivity contribution in [2.75, 3.05) is 29.9 Å². The van der Waals surface area contributed by atoms with Crippen molar-refractivity contribution in [1.82, 2.24) is 4.98 Å². The number of aromatic nitrogens is 1. The number of ether oxygens (including phenoxy) is 1. The van der Waals surface area contributed by atoms with Crippen LogP contribution >= 0.6 is 11.3 Å². The molecular weight excluding hydrogens is 406 g/mol. The van der Waals surface area contributed by atoms with E-state index in [2.05, 4.69) is 34.3 Å². The summed E-state index contributed by atoms with van der Waals surface area (Å²) >= 11 is 1.53. The standard InChI is InChI=1S/C25H29N3O2S/c1-3-30-23-7-5-4-6-22(23)25-27-20(17-31-25)16-24(29)26-19-8-10-21(11-9-19)28-14-12-18(2)13-15-28/h4-11,17-18H,3,12-16H2,1-2H3,(H,26,29). The zero-order chi connectivity index (χ0) is 21.6. The van der Waals surface area contributed by atoms with Crippen molar-refractivity contribution in [3.63, 3.8) is 0 Å². The molecule has 0 spiro atoms. The van der Waals surface area contributed by atoms with Gasteiger partial charge in [-0.15, -0.1) is 11.3 Å². The summed E-state index contributed by atoms with van der Waals surface area (Å²) in [6.45, 7) is 7.09. The summed E-state index contributed by atoms with van der Waals surface area (Å²) in [5.41, 5.74) is 3.77. The number of nitrogens with zero attached hydrogens (tertiary/aromatic N) is 2. The zero-order valence-corrected chi connectivity index (χ0v) is 19.0. The van der Waals surface area contributed by atoms with Crippen molar-refractivity contribution in [3.05, 3.63) is 59.6 Å². The van der Waals surface area contributed by atoms with Gasteiger partial charge < -0.3 is 15.0 Å². The number of rotatable bonds is 7. The van der Waals surface area contributed by atoms with E-state index in [9.17, 15) is 4.79 Å². The quantitative estimate of drug-likeness (QED) is 0.523. The first kappa shape index (κ1) is 21.4. The molecule has 6 heteroatoms. The number of hydrogen-bond donors (Lipinski definition) is 1. The lowest BCUT2D eigenvalue weighted by atomic mass is 9.99. The maximum Gasteiger partial charge on any atom is 0.230 e. The largest absolute Gasteiger partial charge is 0.493 e. The van der Waals surface area contributed by atoms with E-state index in [0.717, 1.165) is 46.7 Å². The van der Waals surface area contributed by atoms with Gasteiger partial charge in [0.2, 0.25) is 5.91 Å². The van der Waals surface area contributed by atoms with Gasteiger partial charge in [-0.25, -0.2) is 4.98 Å². The Morgan fingerprint density at radius 2 is 1.90 bits per heavy atom. The lowest BCUT2D eigenvalue weighted by Gasteiger charge is -2.32. The maximum atomic E-state index is 12.5. The molecule has 1 aromatic heterocycles. The van der Waals surface area contributed by atoms with Crippen LogP contribution in [-0.4, -0.2) is 30.6 Å². The minimum Gasteiger partial charge on any atom is -0.493 e. The summed E-state index contributed by atoms with van der Waals surface area (Å²) in [6.07, 6.45) is 2.73. The van der Waals surface area contributed by atoms with Gasteiger partial charge in [-0.05, 0) is 62.1 Å². The van der Waals surface area contributed by atoms with Crippen molar-refractivity contribution in [3.8, 4) is 16.3 Å². The highest BCUT2D eigenvalue weighted by atomic mass is 32.1. The Bertz CT molecular complexity index is 1010. The molecule has 1 N–H and O–H groups in total. The molecule has 1 aliphatic rings. The predicted molar refractivity (Wildman–Crippen MR) is 128 cm³/mol. The molecule has 162 valence electrons. The Balaban J connectivity index is 1.35. The highest BCUT2D eigenvalue weighted by molar-refractivity contribution is 7.13. The number of piperidine rings is 1. The fourth-order valence-electron chi connectivity index (χ4n) is 3.83. The predicted octanol–water partition coefficient (Wildman–Crippen LogP) is 5.63. The number of amides is 1. The van der Waals surface area contributed by atoms with Gasteiger partial charge in [-0.2, -0.15) is 0 Å². The van der Waals surface area contributed by atoms with Crippen LogP contribution in [0.3, 0.4) is 0 Å². The monoisotopic (exact) mass is 435 g/mol. The molecular formula is C25H29N3O2S. The molecule has 2 heterocycles. The first-order chi connectivity index (χ1) is 15.1. The van der Waals surface area contributed by atoms with Crippen LogP contribution in [0.2, 0.25) is 0 Å². The lowest BCUT2D eigenvalue weighted by Crippen LogP contribution is -2.32. The number of nitrogens with one attached hydrogen (secondary N) is 1. The number of anilines is 2. The van der Waals surface area contributed by atoms with Crippen molar-refractivity contribution < 1.29 is 9.53 Å². The maximum absolute atomic E-state index is 12.5. The molecule has 1 fully saturated rings. The van der Waals surface area contributed by atoms with E-state index >= 15 is 0 Å². The van der Waals surface area contributed by atoms with Crippen molar-refractivity contribution in [2.24, 2.45) is 5.92 Å². The third-order valence-corrected chi connectivity index (χ3v) is 6.53. The van der Waals surface area contributed by atoms with Crippen molar-refractivity contribution >= 4 is 28.6 Å². The Kier molecular flexibility index (Phi) is 6.87. The van der Waals surface area contributed by atoms with E-state index in [1.165, 1.54) is 29.9 Å². The average molecular weight is 436 g/mol. The van der Waals surface area contributed by atoms with E-state index in [4.69, 9.17) is 4.74 Å². The first-order valence-corrected chi connectivity index (χ1v) is 11.8. The summed E-state index contributed by atoms with van der Waals surface area (Å²) in [5, 5.41) is 5.80. The minimum absolute atomic E-state index is 0.0607. The number of carbonyl (C=O) groups excluding carboxylic acids is 1. The van der Waals surface area contributed by atoms with Crippen molar-refractivity contribution in [2.45, 2.75) is 33.1 Å². The SMILES string of the molecule is CCOc1ccccc1-c1nc(CC(=O)Nc2ccc(N3CCC(C)CC3)cc2)cs1. The van der Waals surface area contributed by atoms with Gasteiger partial charge in [0.15, 0.2) is 0 Å². The second-order valence-corrected chi connectivity index (χ2v) is 8.87. The molecule has 3 aromatic rings. The molecule has 1 amide bonds. The molecule has 4 rings (SSSR count). The van der Waals surface area contributed by atoms with Crippen LogP contribution in [0.15, 0.2) is 53.9 Å². The topological polar surface area (TPSA) is 54.5 Å². The summed E-state index contributed by atoms with van der Waals surface area (Å²) in [6, 6.07) is 16.0. The highest BCUT2D eigenvalue weighted by Gasteiger charge is 2.16. The highest BCUT2D eigenvalue weighted by Crippen LogP contribution is 2.32. The molecule has 5 nitrogen and oxygen atoms in total. The molecule has 0 saturated carbocycles. The first-order valence-electron chi connectivity index (χ1n) is 10.9. The fourth-order valence-corrected chi connectivity index (χ4v) is 4.68. The summed E-state index contributed by atoms with van der Waals surface area (Å²) in [5.74, 6) is 1.57. The smallest absolute Gasteiger partial charge is 0.230 e. The lowest BCUT2D eigenvalue weighted by molar-refractivity contribution is -0.115. The van der Waals surface area contributed by atoms with Gasteiger partial charge in [-0.3, -0.25) is 4.79 Å². The third-order valence-electron chi connectivity index (χ3n) is 5.61. The molecule has 1 aliphatic heterocycles. The Morgan fingerprint density at radius 3 is 2.65 bits per heavy atom. The van der Waals surface area contributed by atoms with Crippen LogP contribution in [-0.2, 0) is 11.2 Å².